The Labute approximate surface area is 155 Å². The van der Waals surface area contributed by atoms with E-state index in [0.29, 0.717) is 6.54 Å². The van der Waals surface area contributed by atoms with Crippen molar-refractivity contribution in [2.24, 2.45) is 5.92 Å². The highest BCUT2D eigenvalue weighted by atomic mass is 35.5. The van der Waals surface area contributed by atoms with Crippen molar-refractivity contribution in [2.75, 3.05) is 57.7 Å². The van der Waals surface area contributed by atoms with Crippen LogP contribution in [0.25, 0.3) is 0 Å². The standard InChI is InChI=1S/C18H27FN4O.ClH/c19-16-3-1-2-4-17(16)21-18(24)14-23-11-9-22(10-12-23)13-15-5-7-20-8-6-15;/h1-4,15,20H,5-14H2,(H,21,24);1H. The Morgan fingerprint density at radius 2 is 1.76 bits per heavy atom. The Morgan fingerprint density at radius 3 is 2.44 bits per heavy atom. The molecule has 5 nitrogen and oxygen atoms in total. The maximum atomic E-state index is 13.6. The maximum absolute atomic E-state index is 13.6. The fraction of sp³-hybridized carbons (Fsp3) is 0.611. The molecule has 2 N–H and O–H groups in total. The fourth-order valence-electron chi connectivity index (χ4n) is 3.51. The van der Waals surface area contributed by atoms with Gasteiger partial charge in [0, 0.05) is 32.7 Å². The zero-order chi connectivity index (χ0) is 16.8. The zero-order valence-electron chi connectivity index (χ0n) is 14.5. The number of nitrogens with zero attached hydrogens (tertiary/aromatic N) is 2. The predicted octanol–water partition coefficient (Wildman–Crippen LogP) is 1.80. The monoisotopic (exact) mass is 370 g/mol. The summed E-state index contributed by atoms with van der Waals surface area (Å²) in [6, 6.07) is 6.28. The van der Waals surface area contributed by atoms with Gasteiger partial charge >= 0.3 is 0 Å². The number of halogens is 2. The summed E-state index contributed by atoms with van der Waals surface area (Å²) in [7, 11) is 0. The van der Waals surface area contributed by atoms with Gasteiger partial charge in [-0.2, -0.15) is 0 Å². The zero-order valence-corrected chi connectivity index (χ0v) is 15.4. The minimum Gasteiger partial charge on any atom is -0.322 e. The SMILES string of the molecule is Cl.O=C(CN1CCN(CC2CCNCC2)CC1)Nc1ccccc1F. The minimum absolute atomic E-state index is 0. The number of para-hydroxylation sites is 1. The van der Waals surface area contributed by atoms with Gasteiger partial charge in [-0.1, -0.05) is 12.1 Å². The lowest BCUT2D eigenvalue weighted by Crippen LogP contribution is -2.50. The second-order valence-electron chi connectivity index (χ2n) is 6.80. The molecule has 0 saturated carbocycles. The molecule has 0 unspecified atom stereocenters. The minimum atomic E-state index is -0.391. The Balaban J connectivity index is 0.00000225. The van der Waals surface area contributed by atoms with Crippen LogP contribution in [0.1, 0.15) is 12.8 Å². The van der Waals surface area contributed by atoms with Gasteiger partial charge in [0.1, 0.15) is 5.82 Å². The molecular formula is C18H28ClFN4O. The van der Waals surface area contributed by atoms with Gasteiger partial charge in [0.05, 0.1) is 12.2 Å². The van der Waals surface area contributed by atoms with Gasteiger partial charge in [-0.15, -0.1) is 12.4 Å². The van der Waals surface area contributed by atoms with Crippen LogP contribution in [0.15, 0.2) is 24.3 Å². The summed E-state index contributed by atoms with van der Waals surface area (Å²) in [6.07, 6.45) is 2.54. The molecule has 2 aliphatic heterocycles. The molecule has 2 aliphatic rings. The van der Waals surface area contributed by atoms with Crippen molar-refractivity contribution in [2.45, 2.75) is 12.8 Å². The molecule has 25 heavy (non-hydrogen) atoms. The lowest BCUT2D eigenvalue weighted by molar-refractivity contribution is -0.117. The van der Waals surface area contributed by atoms with Crippen molar-refractivity contribution >= 4 is 24.0 Å². The molecule has 1 aromatic carbocycles. The van der Waals surface area contributed by atoms with Crippen molar-refractivity contribution in [1.82, 2.24) is 15.1 Å². The first-order chi connectivity index (χ1) is 11.7. The number of rotatable bonds is 5. The lowest BCUT2D eigenvalue weighted by atomic mass is 9.97. The number of benzene rings is 1. The van der Waals surface area contributed by atoms with Crippen LogP contribution in [0.5, 0.6) is 0 Å². The molecule has 7 heteroatoms. The van der Waals surface area contributed by atoms with Crippen molar-refractivity contribution in [1.29, 1.82) is 0 Å². The maximum Gasteiger partial charge on any atom is 0.238 e. The number of piperidine rings is 1. The second kappa shape index (κ2) is 10.1. The second-order valence-corrected chi connectivity index (χ2v) is 6.80. The molecule has 2 fully saturated rings. The van der Waals surface area contributed by atoms with Crippen molar-refractivity contribution in [3.63, 3.8) is 0 Å². The van der Waals surface area contributed by atoms with Crippen LogP contribution >= 0.6 is 12.4 Å². The van der Waals surface area contributed by atoms with Crippen LogP contribution in [-0.4, -0.2) is 68.1 Å². The van der Waals surface area contributed by atoms with E-state index in [1.54, 1.807) is 18.2 Å². The topological polar surface area (TPSA) is 47.6 Å². The van der Waals surface area contributed by atoms with Gasteiger partial charge < -0.3 is 15.5 Å². The molecule has 3 rings (SSSR count). The molecular weight excluding hydrogens is 343 g/mol. The van der Waals surface area contributed by atoms with Crippen LogP contribution in [0, 0.1) is 11.7 Å². The average molecular weight is 371 g/mol. The number of hydrogen-bond acceptors (Lipinski definition) is 4. The molecule has 1 aromatic rings. The third-order valence-corrected chi connectivity index (χ3v) is 4.96. The molecule has 0 bridgehead atoms. The summed E-state index contributed by atoms with van der Waals surface area (Å²) < 4.78 is 13.6. The van der Waals surface area contributed by atoms with Gasteiger partial charge in [-0.3, -0.25) is 9.69 Å². The van der Waals surface area contributed by atoms with E-state index in [4.69, 9.17) is 0 Å². The van der Waals surface area contributed by atoms with Crippen LogP contribution in [0.2, 0.25) is 0 Å². The van der Waals surface area contributed by atoms with Gasteiger partial charge in [0.25, 0.3) is 0 Å². The summed E-state index contributed by atoms with van der Waals surface area (Å²) in [4.78, 5) is 16.8. The number of carbonyl (C=O) groups excluding carboxylic acids is 1. The van der Waals surface area contributed by atoms with E-state index in [-0.39, 0.29) is 24.0 Å². The smallest absolute Gasteiger partial charge is 0.238 e. The first-order valence-corrected chi connectivity index (χ1v) is 8.90. The highest BCUT2D eigenvalue weighted by Crippen LogP contribution is 2.15. The molecule has 0 spiro atoms. The lowest BCUT2D eigenvalue weighted by Gasteiger charge is -2.37. The number of carbonyl (C=O) groups is 1. The van der Waals surface area contributed by atoms with Crippen LogP contribution in [0.3, 0.4) is 0 Å². The molecule has 140 valence electrons. The summed E-state index contributed by atoms with van der Waals surface area (Å²) >= 11 is 0. The van der Waals surface area contributed by atoms with Crippen LogP contribution in [-0.2, 0) is 4.79 Å². The molecule has 2 heterocycles. The molecule has 0 radical (unpaired) electrons. The number of piperazine rings is 1. The van der Waals surface area contributed by atoms with Crippen molar-refractivity contribution in [3.05, 3.63) is 30.1 Å². The Kier molecular flexibility index (Phi) is 8.09. The van der Waals surface area contributed by atoms with Crippen molar-refractivity contribution in [3.8, 4) is 0 Å². The first kappa shape index (κ1) is 20.1. The predicted molar refractivity (Wildman–Crippen MR) is 101 cm³/mol. The summed E-state index contributed by atoms with van der Waals surface area (Å²) in [6.45, 7) is 7.60. The Morgan fingerprint density at radius 1 is 1.12 bits per heavy atom. The normalized spacial score (nSPS) is 20.0. The van der Waals surface area contributed by atoms with Gasteiger partial charge in [0.2, 0.25) is 5.91 Å². The van der Waals surface area contributed by atoms with E-state index in [2.05, 4.69) is 20.4 Å². The molecule has 1 amide bonds. The van der Waals surface area contributed by atoms with E-state index >= 15 is 0 Å². The van der Waals surface area contributed by atoms with Gasteiger partial charge in [0.15, 0.2) is 0 Å². The van der Waals surface area contributed by atoms with Gasteiger partial charge in [-0.25, -0.2) is 4.39 Å². The van der Waals surface area contributed by atoms with Crippen LogP contribution < -0.4 is 10.6 Å². The highest BCUT2D eigenvalue weighted by Gasteiger charge is 2.22. The van der Waals surface area contributed by atoms with Gasteiger partial charge in [-0.05, 0) is 44.0 Å². The third kappa shape index (κ3) is 6.22. The van der Waals surface area contributed by atoms with E-state index in [0.717, 1.165) is 45.2 Å². The fourth-order valence-corrected chi connectivity index (χ4v) is 3.51. The number of amides is 1. The number of nitrogens with one attached hydrogen (secondary N) is 2. The van der Waals surface area contributed by atoms with Crippen LogP contribution in [0.4, 0.5) is 10.1 Å². The number of anilines is 1. The van der Waals surface area contributed by atoms with E-state index < -0.39 is 5.82 Å². The summed E-state index contributed by atoms with van der Waals surface area (Å²) in [5.41, 5.74) is 0.257. The third-order valence-electron chi connectivity index (χ3n) is 4.96. The quantitative estimate of drug-likeness (QED) is 0.829. The molecule has 0 aliphatic carbocycles. The Hall–Kier alpha value is -1.21. The highest BCUT2D eigenvalue weighted by molar-refractivity contribution is 5.92. The number of hydrogen-bond donors (Lipinski definition) is 2. The Bertz CT molecular complexity index is 546. The average Bonchev–Trinajstić information content (AvgIpc) is 2.60. The first-order valence-electron chi connectivity index (χ1n) is 8.90. The van der Waals surface area contributed by atoms with E-state index in [9.17, 15) is 9.18 Å². The molecule has 2 saturated heterocycles. The molecule has 0 aromatic heterocycles. The summed E-state index contributed by atoms with van der Waals surface area (Å²) in [5, 5.41) is 6.06. The van der Waals surface area contributed by atoms with E-state index in [1.165, 1.54) is 25.5 Å². The summed E-state index contributed by atoms with van der Waals surface area (Å²) in [5.74, 6) is 0.270. The largest absolute Gasteiger partial charge is 0.322 e. The van der Waals surface area contributed by atoms with Crippen molar-refractivity contribution < 1.29 is 9.18 Å². The molecule has 0 atom stereocenters. The van der Waals surface area contributed by atoms with E-state index in [1.807, 2.05) is 0 Å².